The van der Waals surface area contributed by atoms with E-state index in [2.05, 4.69) is 0 Å². The molecule has 0 radical (unpaired) electrons. The Balaban J connectivity index is 1.87. The van der Waals surface area contributed by atoms with Crippen LogP contribution in [0.15, 0.2) is 39.5 Å². The molecule has 2 N–H and O–H groups in total. The van der Waals surface area contributed by atoms with Crippen LogP contribution in [0.5, 0.6) is 0 Å². The van der Waals surface area contributed by atoms with Crippen LogP contribution in [0.4, 0.5) is 0 Å². The van der Waals surface area contributed by atoms with Crippen molar-refractivity contribution in [3.05, 3.63) is 46.3 Å². The fourth-order valence-corrected chi connectivity index (χ4v) is 2.74. The van der Waals surface area contributed by atoms with Crippen molar-refractivity contribution in [2.24, 2.45) is 11.7 Å². The third-order valence-corrected chi connectivity index (χ3v) is 4.08. The maximum atomic E-state index is 12.5. The molecule has 3 rings (SSSR count). The van der Waals surface area contributed by atoms with Crippen LogP contribution in [0.1, 0.15) is 23.4 Å². The van der Waals surface area contributed by atoms with E-state index >= 15 is 0 Å². The van der Waals surface area contributed by atoms with Gasteiger partial charge in [-0.05, 0) is 37.4 Å². The molecule has 5 nitrogen and oxygen atoms in total. The highest BCUT2D eigenvalue weighted by atomic mass is 16.3. The maximum Gasteiger partial charge on any atom is 0.289 e. The first-order valence-electron chi connectivity index (χ1n) is 7.21. The SMILES string of the molecule is NCC1CCN(C(=O)c2cc(=O)c3ccccc3o2)CC1. The van der Waals surface area contributed by atoms with Crippen LogP contribution in [0.2, 0.25) is 0 Å². The number of piperidine rings is 1. The molecular weight excluding hydrogens is 268 g/mol. The molecule has 1 aliphatic heterocycles. The van der Waals surface area contributed by atoms with Gasteiger partial charge in [0.05, 0.1) is 5.39 Å². The van der Waals surface area contributed by atoms with Crippen molar-refractivity contribution < 1.29 is 9.21 Å². The third kappa shape index (κ3) is 2.69. The summed E-state index contributed by atoms with van der Waals surface area (Å²) >= 11 is 0. The zero-order chi connectivity index (χ0) is 14.8. The quantitative estimate of drug-likeness (QED) is 0.909. The van der Waals surface area contributed by atoms with Gasteiger partial charge in [0.1, 0.15) is 5.58 Å². The van der Waals surface area contributed by atoms with Gasteiger partial charge in [-0.2, -0.15) is 0 Å². The van der Waals surface area contributed by atoms with Gasteiger partial charge in [0.15, 0.2) is 11.2 Å². The molecule has 110 valence electrons. The molecule has 0 saturated carbocycles. The number of fused-ring (bicyclic) bond motifs is 1. The maximum absolute atomic E-state index is 12.5. The standard InChI is InChI=1S/C16H18N2O3/c17-10-11-5-7-18(8-6-11)16(20)15-9-13(19)12-3-1-2-4-14(12)21-15/h1-4,9,11H,5-8,10,17H2. The molecule has 1 aromatic carbocycles. The van der Waals surface area contributed by atoms with Crippen molar-refractivity contribution in [1.29, 1.82) is 0 Å². The second-order valence-corrected chi connectivity index (χ2v) is 5.44. The molecule has 21 heavy (non-hydrogen) atoms. The second kappa shape index (κ2) is 5.69. The van der Waals surface area contributed by atoms with Crippen LogP contribution >= 0.6 is 0 Å². The molecule has 2 aromatic rings. The van der Waals surface area contributed by atoms with Crippen molar-refractivity contribution in [2.75, 3.05) is 19.6 Å². The first kappa shape index (κ1) is 13.8. The largest absolute Gasteiger partial charge is 0.451 e. The van der Waals surface area contributed by atoms with Gasteiger partial charge in [-0.15, -0.1) is 0 Å². The minimum Gasteiger partial charge on any atom is -0.451 e. The van der Waals surface area contributed by atoms with Crippen molar-refractivity contribution in [3.8, 4) is 0 Å². The van der Waals surface area contributed by atoms with Crippen molar-refractivity contribution in [2.45, 2.75) is 12.8 Å². The van der Waals surface area contributed by atoms with Gasteiger partial charge in [0.25, 0.3) is 5.91 Å². The summed E-state index contributed by atoms with van der Waals surface area (Å²) in [5, 5.41) is 0.496. The Kier molecular flexibility index (Phi) is 3.75. The zero-order valence-electron chi connectivity index (χ0n) is 11.7. The topological polar surface area (TPSA) is 76.5 Å². The Hall–Kier alpha value is -2.14. The lowest BCUT2D eigenvalue weighted by molar-refractivity contribution is 0.0662. The van der Waals surface area contributed by atoms with Crippen LogP contribution < -0.4 is 11.2 Å². The minimum absolute atomic E-state index is 0.116. The first-order chi connectivity index (χ1) is 10.2. The van der Waals surface area contributed by atoms with E-state index in [1.165, 1.54) is 6.07 Å². The Morgan fingerprint density at radius 3 is 2.71 bits per heavy atom. The molecule has 0 unspecified atom stereocenters. The highest BCUT2D eigenvalue weighted by Crippen LogP contribution is 2.19. The lowest BCUT2D eigenvalue weighted by atomic mass is 9.97. The summed E-state index contributed by atoms with van der Waals surface area (Å²) in [5.74, 6) is 0.385. The summed E-state index contributed by atoms with van der Waals surface area (Å²) in [6, 6.07) is 8.25. The van der Waals surface area contributed by atoms with Crippen molar-refractivity contribution >= 4 is 16.9 Å². The summed E-state index contributed by atoms with van der Waals surface area (Å²) in [5.41, 5.74) is 5.92. The summed E-state index contributed by atoms with van der Waals surface area (Å²) in [6.45, 7) is 1.99. The number of hydrogen-bond acceptors (Lipinski definition) is 4. The van der Waals surface area contributed by atoms with E-state index in [0.29, 0.717) is 36.5 Å². The van der Waals surface area contributed by atoms with E-state index in [0.717, 1.165) is 12.8 Å². The number of hydrogen-bond donors (Lipinski definition) is 1. The monoisotopic (exact) mass is 286 g/mol. The lowest BCUT2D eigenvalue weighted by Gasteiger charge is -2.30. The fourth-order valence-electron chi connectivity index (χ4n) is 2.74. The Bertz CT molecular complexity index is 715. The molecular formula is C16H18N2O3. The van der Waals surface area contributed by atoms with Gasteiger partial charge in [0, 0.05) is 19.2 Å². The predicted octanol–water partition coefficient (Wildman–Crippen LogP) is 1.60. The summed E-state index contributed by atoms with van der Waals surface area (Å²) in [7, 11) is 0. The van der Waals surface area contributed by atoms with Gasteiger partial charge in [-0.1, -0.05) is 12.1 Å². The molecule has 2 heterocycles. The molecule has 1 saturated heterocycles. The number of nitrogens with zero attached hydrogens (tertiary/aromatic N) is 1. The van der Waals surface area contributed by atoms with Crippen LogP contribution in [-0.4, -0.2) is 30.4 Å². The van der Waals surface area contributed by atoms with Crippen LogP contribution in [0.25, 0.3) is 11.0 Å². The molecule has 0 atom stereocenters. The van der Waals surface area contributed by atoms with E-state index in [4.69, 9.17) is 10.2 Å². The Labute approximate surface area is 122 Å². The predicted molar refractivity (Wildman–Crippen MR) is 80.2 cm³/mol. The number of para-hydroxylation sites is 1. The molecule has 1 aromatic heterocycles. The summed E-state index contributed by atoms with van der Waals surface area (Å²) in [6.07, 6.45) is 1.81. The molecule has 1 fully saturated rings. The van der Waals surface area contributed by atoms with E-state index in [9.17, 15) is 9.59 Å². The highest BCUT2D eigenvalue weighted by Gasteiger charge is 2.24. The summed E-state index contributed by atoms with van der Waals surface area (Å²) in [4.78, 5) is 26.2. The van der Waals surface area contributed by atoms with Crippen LogP contribution in [0, 0.1) is 5.92 Å². The van der Waals surface area contributed by atoms with E-state index in [1.54, 1.807) is 29.2 Å². The van der Waals surface area contributed by atoms with E-state index in [1.807, 2.05) is 0 Å². The minimum atomic E-state index is -0.215. The molecule has 1 amide bonds. The Morgan fingerprint density at radius 1 is 1.29 bits per heavy atom. The normalized spacial score (nSPS) is 16.3. The van der Waals surface area contributed by atoms with E-state index in [-0.39, 0.29) is 17.1 Å². The average Bonchev–Trinajstić information content (AvgIpc) is 2.54. The molecule has 0 bridgehead atoms. The number of carbonyl (C=O) groups is 1. The first-order valence-corrected chi connectivity index (χ1v) is 7.21. The van der Waals surface area contributed by atoms with Crippen molar-refractivity contribution in [1.82, 2.24) is 4.90 Å². The van der Waals surface area contributed by atoms with Gasteiger partial charge in [-0.25, -0.2) is 0 Å². The van der Waals surface area contributed by atoms with Crippen LogP contribution in [-0.2, 0) is 0 Å². The van der Waals surface area contributed by atoms with Crippen molar-refractivity contribution in [3.63, 3.8) is 0 Å². The molecule has 5 heteroatoms. The lowest BCUT2D eigenvalue weighted by Crippen LogP contribution is -2.40. The third-order valence-electron chi connectivity index (χ3n) is 4.08. The number of benzene rings is 1. The van der Waals surface area contributed by atoms with Gasteiger partial charge in [-0.3, -0.25) is 9.59 Å². The number of amides is 1. The highest BCUT2D eigenvalue weighted by molar-refractivity contribution is 5.93. The van der Waals surface area contributed by atoms with Gasteiger partial charge in [0.2, 0.25) is 0 Å². The smallest absolute Gasteiger partial charge is 0.289 e. The molecule has 0 spiro atoms. The second-order valence-electron chi connectivity index (χ2n) is 5.44. The average molecular weight is 286 g/mol. The number of carbonyl (C=O) groups excluding carboxylic acids is 1. The fraction of sp³-hybridized carbons (Fsp3) is 0.375. The number of rotatable bonds is 2. The zero-order valence-corrected chi connectivity index (χ0v) is 11.7. The van der Waals surface area contributed by atoms with Crippen LogP contribution in [0.3, 0.4) is 0 Å². The summed E-state index contributed by atoms with van der Waals surface area (Å²) < 4.78 is 5.59. The van der Waals surface area contributed by atoms with Gasteiger partial charge < -0.3 is 15.1 Å². The molecule has 0 aliphatic carbocycles. The molecule has 1 aliphatic rings. The number of likely N-dealkylation sites (tertiary alicyclic amines) is 1. The van der Waals surface area contributed by atoms with E-state index < -0.39 is 0 Å². The van der Waals surface area contributed by atoms with Gasteiger partial charge >= 0.3 is 0 Å². The Morgan fingerprint density at radius 2 is 2.00 bits per heavy atom. The number of nitrogens with two attached hydrogens (primary N) is 1.